The molecule has 0 aromatic rings. The van der Waals surface area contributed by atoms with Crippen LogP contribution in [0.2, 0.25) is 0 Å². The van der Waals surface area contributed by atoms with Crippen LogP contribution in [0.1, 0.15) is 0 Å². The van der Waals surface area contributed by atoms with Crippen molar-refractivity contribution >= 4 is 5.97 Å². The number of carbonyl (C=O) groups is 1. The quantitative estimate of drug-likeness (QED) is 0.413. The summed E-state index contributed by atoms with van der Waals surface area (Å²) < 4.78 is 0. The molecule has 0 fully saturated rings. The van der Waals surface area contributed by atoms with Crippen molar-refractivity contribution in [2.75, 3.05) is 14.1 Å². The second-order valence-corrected chi connectivity index (χ2v) is 3.18. The lowest BCUT2D eigenvalue weighted by molar-refractivity contribution is -0.418. The van der Waals surface area contributed by atoms with Gasteiger partial charge in [-0.25, -0.2) is 0 Å². The molecule has 0 radical (unpaired) electrons. The van der Waals surface area contributed by atoms with Crippen LogP contribution >= 0.6 is 0 Å². The number of allylic oxidation sites excluding steroid dienone is 3. The summed E-state index contributed by atoms with van der Waals surface area (Å²) >= 11 is 0. The molecule has 0 amide bonds. The largest absolute Gasteiger partial charge is 0.480 e. The Morgan fingerprint density at radius 3 is 2.44 bits per heavy atom. The van der Waals surface area contributed by atoms with Gasteiger partial charge < -0.3 is 5.11 Å². The van der Waals surface area contributed by atoms with E-state index in [1.165, 1.54) is 23.1 Å². The predicted molar refractivity (Wildman–Crippen MR) is 59.5 cm³/mol. The first-order chi connectivity index (χ1) is 7.40. The van der Waals surface area contributed by atoms with Gasteiger partial charge in [0.05, 0.1) is 4.92 Å². The van der Waals surface area contributed by atoms with Crippen LogP contribution in [0.3, 0.4) is 0 Å². The predicted octanol–water partition coefficient (Wildman–Crippen LogP) is 0.904. The number of hydrogen-bond donors (Lipinski definition) is 1. The van der Waals surface area contributed by atoms with Crippen LogP contribution in [-0.2, 0) is 4.79 Å². The Balaban J connectivity index is 4.75. The molecule has 6 heteroatoms. The maximum Gasteiger partial charge on any atom is 0.324 e. The van der Waals surface area contributed by atoms with Gasteiger partial charge in [-0.15, -0.1) is 0 Å². The Hall–Kier alpha value is -1.95. The minimum atomic E-state index is -1.02. The molecular weight excluding hydrogens is 212 g/mol. The molecule has 88 valence electrons. The van der Waals surface area contributed by atoms with E-state index in [9.17, 15) is 14.9 Å². The summed E-state index contributed by atoms with van der Waals surface area (Å²) in [6.45, 7) is 3.28. The lowest BCUT2D eigenvalue weighted by Gasteiger charge is -2.15. The van der Waals surface area contributed by atoms with Gasteiger partial charge in [-0.05, 0) is 14.1 Å². The summed E-state index contributed by atoms with van der Waals surface area (Å²) in [5.41, 5.74) is -0.181. The first-order valence-corrected chi connectivity index (χ1v) is 4.44. The summed E-state index contributed by atoms with van der Waals surface area (Å²) in [6, 6.07) is -0.811. The molecule has 0 aromatic heterocycles. The van der Waals surface area contributed by atoms with E-state index in [2.05, 4.69) is 6.58 Å². The van der Waals surface area contributed by atoms with Crippen molar-refractivity contribution in [2.24, 2.45) is 0 Å². The smallest absolute Gasteiger partial charge is 0.324 e. The van der Waals surface area contributed by atoms with Gasteiger partial charge in [0.15, 0.2) is 0 Å². The Kier molecular flexibility index (Phi) is 5.72. The van der Waals surface area contributed by atoms with Gasteiger partial charge in [-0.3, -0.25) is 19.8 Å². The second-order valence-electron chi connectivity index (χ2n) is 3.18. The van der Waals surface area contributed by atoms with E-state index in [1.807, 2.05) is 0 Å². The number of nitrogens with zero attached hydrogens (tertiary/aromatic N) is 2. The highest BCUT2D eigenvalue weighted by atomic mass is 16.6. The van der Waals surface area contributed by atoms with E-state index in [1.54, 1.807) is 14.1 Å². The minimum absolute atomic E-state index is 0.181. The maximum absolute atomic E-state index is 10.8. The number of aliphatic carboxylic acids is 1. The van der Waals surface area contributed by atoms with Crippen molar-refractivity contribution in [3.05, 3.63) is 46.7 Å². The van der Waals surface area contributed by atoms with Crippen LogP contribution in [0, 0.1) is 10.1 Å². The van der Waals surface area contributed by atoms with Crippen molar-refractivity contribution in [1.82, 2.24) is 4.90 Å². The Morgan fingerprint density at radius 2 is 2.12 bits per heavy atom. The second kappa shape index (κ2) is 6.52. The number of likely N-dealkylation sites (N-methyl/N-ethyl adjacent to an activating group) is 1. The SMILES string of the molecule is C=C/C(=C\C=C\C(C(=O)O)N(C)C)[N+](=O)[O-]. The fourth-order valence-corrected chi connectivity index (χ4v) is 0.938. The molecular formula is C10H14N2O4. The fourth-order valence-electron chi connectivity index (χ4n) is 0.938. The molecule has 1 unspecified atom stereocenters. The first-order valence-electron chi connectivity index (χ1n) is 4.44. The molecule has 0 heterocycles. The first kappa shape index (κ1) is 14.1. The van der Waals surface area contributed by atoms with Crippen LogP contribution in [0.4, 0.5) is 0 Å². The van der Waals surface area contributed by atoms with E-state index in [0.717, 1.165) is 6.08 Å². The zero-order valence-electron chi connectivity index (χ0n) is 9.16. The molecule has 1 atom stereocenters. The lowest BCUT2D eigenvalue weighted by atomic mass is 10.2. The van der Waals surface area contributed by atoms with Crippen LogP contribution in [0.5, 0.6) is 0 Å². The lowest BCUT2D eigenvalue weighted by Crippen LogP contribution is -2.33. The van der Waals surface area contributed by atoms with Crippen LogP contribution in [0.25, 0.3) is 0 Å². The molecule has 0 saturated heterocycles. The molecule has 0 aromatic carbocycles. The zero-order chi connectivity index (χ0) is 12.7. The van der Waals surface area contributed by atoms with Crippen LogP contribution in [-0.4, -0.2) is 41.0 Å². The Labute approximate surface area is 93.3 Å². The Bertz CT molecular complexity index is 345. The van der Waals surface area contributed by atoms with E-state index >= 15 is 0 Å². The summed E-state index contributed by atoms with van der Waals surface area (Å²) in [5.74, 6) is -1.02. The molecule has 1 N–H and O–H groups in total. The average molecular weight is 226 g/mol. The van der Waals surface area contributed by atoms with Gasteiger partial charge in [0.2, 0.25) is 0 Å². The third-order valence-electron chi connectivity index (χ3n) is 1.79. The van der Waals surface area contributed by atoms with Gasteiger partial charge in [0, 0.05) is 12.2 Å². The maximum atomic E-state index is 10.8. The topological polar surface area (TPSA) is 83.7 Å². The number of carboxylic acid groups (broad SMARTS) is 1. The number of hydrogen-bond acceptors (Lipinski definition) is 4. The van der Waals surface area contributed by atoms with Crippen LogP contribution < -0.4 is 0 Å². The third kappa shape index (κ3) is 4.52. The molecule has 0 aliphatic rings. The molecule has 0 aliphatic heterocycles. The number of nitro groups is 1. The highest BCUT2D eigenvalue weighted by Gasteiger charge is 2.15. The van der Waals surface area contributed by atoms with E-state index in [0.29, 0.717) is 0 Å². The summed E-state index contributed by atoms with van der Waals surface area (Å²) in [5, 5.41) is 19.2. The summed E-state index contributed by atoms with van der Waals surface area (Å²) in [4.78, 5) is 22.0. The number of rotatable bonds is 6. The van der Waals surface area contributed by atoms with E-state index in [4.69, 9.17) is 5.11 Å². The standard InChI is InChI=1S/C10H14N2O4/c1-4-8(12(15)16)6-5-7-9(10(13)14)11(2)3/h4-7,9H,1H2,2-3H3,(H,13,14)/b7-5+,8-6+. The monoisotopic (exact) mass is 226 g/mol. The van der Waals surface area contributed by atoms with Gasteiger partial charge in [0.25, 0.3) is 5.70 Å². The number of carboxylic acids is 1. The molecule has 0 spiro atoms. The summed E-state index contributed by atoms with van der Waals surface area (Å²) in [7, 11) is 3.21. The molecule has 0 bridgehead atoms. The minimum Gasteiger partial charge on any atom is -0.480 e. The average Bonchev–Trinajstić information content (AvgIpc) is 2.15. The van der Waals surface area contributed by atoms with Gasteiger partial charge in [-0.1, -0.05) is 18.7 Å². The van der Waals surface area contributed by atoms with E-state index in [-0.39, 0.29) is 5.70 Å². The molecule has 6 nitrogen and oxygen atoms in total. The summed E-state index contributed by atoms with van der Waals surface area (Å²) in [6.07, 6.45) is 4.98. The van der Waals surface area contributed by atoms with Crippen molar-refractivity contribution in [1.29, 1.82) is 0 Å². The highest BCUT2D eigenvalue weighted by Crippen LogP contribution is 2.00. The Morgan fingerprint density at radius 1 is 1.56 bits per heavy atom. The van der Waals surface area contributed by atoms with Gasteiger partial charge >= 0.3 is 5.97 Å². The molecule has 16 heavy (non-hydrogen) atoms. The van der Waals surface area contributed by atoms with Crippen molar-refractivity contribution in [3.63, 3.8) is 0 Å². The van der Waals surface area contributed by atoms with Crippen molar-refractivity contribution in [3.8, 4) is 0 Å². The molecule has 0 rings (SSSR count). The molecule has 0 aliphatic carbocycles. The normalized spacial score (nSPS) is 14.1. The van der Waals surface area contributed by atoms with Crippen molar-refractivity contribution < 1.29 is 14.8 Å². The highest BCUT2D eigenvalue weighted by molar-refractivity contribution is 5.75. The third-order valence-corrected chi connectivity index (χ3v) is 1.79. The van der Waals surface area contributed by atoms with Crippen molar-refractivity contribution in [2.45, 2.75) is 6.04 Å². The van der Waals surface area contributed by atoms with Gasteiger partial charge in [0.1, 0.15) is 6.04 Å². The zero-order valence-corrected chi connectivity index (χ0v) is 9.16. The molecule has 0 saturated carbocycles. The van der Waals surface area contributed by atoms with Gasteiger partial charge in [-0.2, -0.15) is 0 Å². The van der Waals surface area contributed by atoms with Crippen LogP contribution in [0.15, 0.2) is 36.6 Å². The fraction of sp³-hybridized carbons (Fsp3) is 0.300. The van der Waals surface area contributed by atoms with E-state index < -0.39 is 16.9 Å².